The van der Waals surface area contributed by atoms with E-state index in [0.717, 1.165) is 16.7 Å². The fraction of sp³-hybridized carbons (Fsp3) is 0.538. The molecule has 0 aliphatic carbocycles. The summed E-state index contributed by atoms with van der Waals surface area (Å²) in [6, 6.07) is 4.08. The van der Waals surface area contributed by atoms with Crippen molar-refractivity contribution in [3.63, 3.8) is 0 Å². The van der Waals surface area contributed by atoms with Gasteiger partial charge in [0.25, 0.3) is 0 Å². The lowest BCUT2D eigenvalue weighted by atomic mass is 9.97. The van der Waals surface area contributed by atoms with Gasteiger partial charge >= 0.3 is 0 Å². The van der Waals surface area contributed by atoms with Crippen molar-refractivity contribution in [2.75, 3.05) is 7.05 Å². The van der Waals surface area contributed by atoms with Gasteiger partial charge < -0.3 is 5.32 Å². The molecule has 0 saturated carbocycles. The molecule has 2 unspecified atom stereocenters. The Balaban J connectivity index is 2.77. The predicted octanol–water partition coefficient (Wildman–Crippen LogP) is 2.13. The van der Waals surface area contributed by atoms with Crippen molar-refractivity contribution >= 4 is 9.84 Å². The molecule has 2 rings (SSSR count). The van der Waals surface area contributed by atoms with Gasteiger partial charge in [-0.1, -0.05) is 17.7 Å². The van der Waals surface area contributed by atoms with E-state index >= 15 is 0 Å². The van der Waals surface area contributed by atoms with E-state index in [4.69, 9.17) is 0 Å². The summed E-state index contributed by atoms with van der Waals surface area (Å²) in [5.74, 6) is 0. The zero-order valence-electron chi connectivity index (χ0n) is 10.7. The Kier molecular flexibility index (Phi) is 3.04. The minimum atomic E-state index is -3.15. The second-order valence-corrected chi connectivity index (χ2v) is 7.24. The van der Waals surface area contributed by atoms with Gasteiger partial charge in [-0.3, -0.25) is 0 Å². The highest BCUT2D eigenvalue weighted by Gasteiger charge is 2.36. The lowest BCUT2D eigenvalue weighted by Crippen LogP contribution is -2.33. The SMILES string of the molecule is CNC1CC(C)S(=O)(=O)c2c(C)cc(C)cc21. The largest absolute Gasteiger partial charge is 0.313 e. The summed E-state index contributed by atoms with van der Waals surface area (Å²) in [6.07, 6.45) is 0.648. The molecule has 1 heterocycles. The fourth-order valence-corrected chi connectivity index (χ4v) is 4.58. The van der Waals surface area contributed by atoms with Crippen molar-refractivity contribution in [2.45, 2.75) is 43.4 Å². The van der Waals surface area contributed by atoms with Gasteiger partial charge in [0.15, 0.2) is 9.84 Å². The number of hydrogen-bond donors (Lipinski definition) is 1. The van der Waals surface area contributed by atoms with E-state index in [1.165, 1.54) is 0 Å². The van der Waals surface area contributed by atoms with Crippen molar-refractivity contribution in [3.8, 4) is 0 Å². The highest BCUT2D eigenvalue weighted by atomic mass is 32.2. The maximum absolute atomic E-state index is 12.4. The van der Waals surface area contributed by atoms with Gasteiger partial charge in [0.05, 0.1) is 10.1 Å². The number of fused-ring (bicyclic) bond motifs is 1. The first-order valence-corrected chi connectivity index (χ1v) is 7.45. The van der Waals surface area contributed by atoms with E-state index in [1.807, 2.05) is 33.0 Å². The Morgan fingerprint density at radius 2 is 1.94 bits per heavy atom. The number of nitrogens with one attached hydrogen (secondary N) is 1. The zero-order chi connectivity index (χ0) is 12.8. The molecule has 0 radical (unpaired) electrons. The first-order valence-electron chi connectivity index (χ1n) is 5.90. The van der Waals surface area contributed by atoms with E-state index in [9.17, 15) is 8.42 Å². The lowest BCUT2D eigenvalue weighted by molar-refractivity contribution is 0.492. The third-order valence-corrected chi connectivity index (χ3v) is 5.93. The summed E-state index contributed by atoms with van der Waals surface area (Å²) in [4.78, 5) is 0.543. The average molecular weight is 253 g/mol. The highest BCUT2D eigenvalue weighted by molar-refractivity contribution is 7.92. The molecule has 0 saturated heterocycles. The van der Waals surface area contributed by atoms with Gasteiger partial charge in [0.2, 0.25) is 0 Å². The Bertz CT molecular complexity index is 549. The van der Waals surface area contributed by atoms with Crippen LogP contribution in [-0.2, 0) is 9.84 Å². The van der Waals surface area contributed by atoms with Crippen molar-refractivity contribution in [2.24, 2.45) is 0 Å². The molecular formula is C13H19NO2S. The summed E-state index contributed by atoms with van der Waals surface area (Å²) in [7, 11) is -1.27. The number of benzene rings is 1. The smallest absolute Gasteiger partial charge is 0.181 e. The lowest BCUT2D eigenvalue weighted by Gasteiger charge is -2.31. The molecule has 3 nitrogen and oxygen atoms in total. The zero-order valence-corrected chi connectivity index (χ0v) is 11.6. The van der Waals surface area contributed by atoms with Crippen LogP contribution in [0.15, 0.2) is 17.0 Å². The van der Waals surface area contributed by atoms with Crippen molar-refractivity contribution < 1.29 is 8.42 Å². The van der Waals surface area contributed by atoms with Crippen LogP contribution in [-0.4, -0.2) is 20.7 Å². The number of rotatable bonds is 1. The first kappa shape index (κ1) is 12.6. The third-order valence-electron chi connectivity index (χ3n) is 3.55. The van der Waals surface area contributed by atoms with Crippen molar-refractivity contribution in [1.82, 2.24) is 5.32 Å². The summed E-state index contributed by atoms with van der Waals surface area (Å²) < 4.78 is 24.7. The van der Waals surface area contributed by atoms with E-state index < -0.39 is 9.84 Å². The molecule has 17 heavy (non-hydrogen) atoms. The molecule has 0 amide bonds. The predicted molar refractivity (Wildman–Crippen MR) is 69.0 cm³/mol. The van der Waals surface area contributed by atoms with E-state index in [0.29, 0.717) is 11.3 Å². The summed E-state index contributed by atoms with van der Waals surface area (Å²) in [6.45, 7) is 5.68. The van der Waals surface area contributed by atoms with Gasteiger partial charge in [-0.25, -0.2) is 8.42 Å². The number of hydrogen-bond acceptors (Lipinski definition) is 3. The first-order chi connectivity index (χ1) is 7.87. The van der Waals surface area contributed by atoms with E-state index in [-0.39, 0.29) is 11.3 Å². The molecule has 0 spiro atoms. The van der Waals surface area contributed by atoms with Gasteiger partial charge in [-0.15, -0.1) is 0 Å². The molecular weight excluding hydrogens is 234 g/mol. The molecule has 1 aliphatic rings. The van der Waals surface area contributed by atoms with Gasteiger partial charge in [0.1, 0.15) is 0 Å². The molecule has 0 aromatic heterocycles. The van der Waals surface area contributed by atoms with Crippen LogP contribution < -0.4 is 5.32 Å². The van der Waals surface area contributed by atoms with Crippen LogP contribution >= 0.6 is 0 Å². The average Bonchev–Trinajstić information content (AvgIpc) is 2.22. The van der Waals surface area contributed by atoms with Crippen molar-refractivity contribution in [3.05, 3.63) is 28.8 Å². The molecule has 94 valence electrons. The second-order valence-electron chi connectivity index (χ2n) is 4.93. The van der Waals surface area contributed by atoms with E-state index in [1.54, 1.807) is 6.92 Å². The van der Waals surface area contributed by atoms with Crippen LogP contribution in [0.2, 0.25) is 0 Å². The van der Waals surface area contributed by atoms with Crippen LogP contribution in [0, 0.1) is 13.8 Å². The molecule has 1 aromatic carbocycles. The molecule has 1 aliphatic heterocycles. The molecule has 1 N–H and O–H groups in total. The second kappa shape index (κ2) is 4.10. The third kappa shape index (κ3) is 1.89. The van der Waals surface area contributed by atoms with Crippen LogP contribution in [0.4, 0.5) is 0 Å². The van der Waals surface area contributed by atoms with Gasteiger partial charge in [0, 0.05) is 6.04 Å². The highest BCUT2D eigenvalue weighted by Crippen LogP contribution is 2.38. The van der Waals surface area contributed by atoms with Crippen LogP contribution in [0.5, 0.6) is 0 Å². The topological polar surface area (TPSA) is 46.2 Å². The summed E-state index contributed by atoms with van der Waals surface area (Å²) in [5, 5.41) is 2.91. The minimum Gasteiger partial charge on any atom is -0.313 e. The van der Waals surface area contributed by atoms with Crippen LogP contribution in [0.1, 0.15) is 36.1 Å². The maximum Gasteiger partial charge on any atom is 0.181 e. The molecule has 0 bridgehead atoms. The normalized spacial score (nSPS) is 26.6. The van der Waals surface area contributed by atoms with Crippen molar-refractivity contribution in [1.29, 1.82) is 0 Å². The van der Waals surface area contributed by atoms with E-state index in [2.05, 4.69) is 5.32 Å². The monoisotopic (exact) mass is 253 g/mol. The number of aryl methyl sites for hydroxylation is 2. The molecule has 2 atom stereocenters. The Hall–Kier alpha value is -0.870. The summed E-state index contributed by atoms with van der Waals surface area (Å²) in [5.41, 5.74) is 2.92. The maximum atomic E-state index is 12.4. The quantitative estimate of drug-likeness (QED) is 0.834. The summed E-state index contributed by atoms with van der Waals surface area (Å²) >= 11 is 0. The standard InChI is InChI=1S/C13H19NO2S/c1-8-5-9(2)13-11(6-8)12(14-4)7-10(3)17(13,15)16/h5-6,10,12,14H,7H2,1-4H3. The van der Waals surface area contributed by atoms with Crippen LogP contribution in [0.25, 0.3) is 0 Å². The Morgan fingerprint density at radius 3 is 2.53 bits per heavy atom. The molecule has 4 heteroatoms. The fourth-order valence-electron chi connectivity index (χ4n) is 2.69. The van der Waals surface area contributed by atoms with Gasteiger partial charge in [-0.2, -0.15) is 0 Å². The minimum absolute atomic E-state index is 0.141. The number of sulfone groups is 1. The Morgan fingerprint density at radius 1 is 1.29 bits per heavy atom. The molecule has 0 fully saturated rings. The molecule has 1 aromatic rings. The van der Waals surface area contributed by atoms with Crippen LogP contribution in [0.3, 0.4) is 0 Å². The van der Waals surface area contributed by atoms with Gasteiger partial charge in [-0.05, 0) is 45.4 Å². The Labute approximate surface area is 103 Å².